The summed E-state index contributed by atoms with van der Waals surface area (Å²) in [6.07, 6.45) is 2.81. The second-order valence-corrected chi connectivity index (χ2v) is 8.39. The fourth-order valence-corrected chi connectivity index (χ4v) is 3.66. The maximum absolute atomic E-state index is 12.0. The zero-order valence-electron chi connectivity index (χ0n) is 13.5. The molecule has 2 unspecified atom stereocenters. The fraction of sp³-hybridized carbons (Fsp3) is 0.938. The average molecular weight is 283 g/mol. The van der Waals surface area contributed by atoms with Crippen LogP contribution < -0.4 is 0 Å². The normalized spacial score (nSPS) is 30.2. The first kappa shape index (κ1) is 15.6. The summed E-state index contributed by atoms with van der Waals surface area (Å²) in [5, 5.41) is 10.2. The van der Waals surface area contributed by atoms with Crippen LogP contribution >= 0.6 is 0 Å². The van der Waals surface area contributed by atoms with E-state index in [1.807, 2.05) is 20.8 Å². The lowest BCUT2D eigenvalue weighted by Crippen LogP contribution is -2.36. The monoisotopic (exact) mass is 283 g/mol. The van der Waals surface area contributed by atoms with Crippen molar-refractivity contribution in [1.29, 1.82) is 0 Å². The Labute approximate surface area is 122 Å². The molecular weight excluding hydrogens is 254 g/mol. The van der Waals surface area contributed by atoms with Crippen LogP contribution in [-0.4, -0.2) is 40.9 Å². The Morgan fingerprint density at radius 2 is 1.90 bits per heavy atom. The molecule has 2 rings (SSSR count). The van der Waals surface area contributed by atoms with Crippen molar-refractivity contribution in [3.63, 3.8) is 0 Å². The van der Waals surface area contributed by atoms with E-state index < -0.39 is 11.7 Å². The summed E-state index contributed by atoms with van der Waals surface area (Å²) >= 11 is 0. The van der Waals surface area contributed by atoms with E-state index >= 15 is 0 Å². The highest BCUT2D eigenvalue weighted by Crippen LogP contribution is 2.48. The molecule has 0 spiro atoms. The molecule has 0 aromatic carbocycles. The Balaban J connectivity index is 1.82. The predicted octanol–water partition coefficient (Wildman–Crippen LogP) is 3.04. The first-order valence-electron chi connectivity index (χ1n) is 7.72. The fourth-order valence-electron chi connectivity index (χ4n) is 3.66. The Bertz CT molecular complexity index is 364. The quantitative estimate of drug-likeness (QED) is 0.847. The van der Waals surface area contributed by atoms with E-state index in [1.165, 1.54) is 12.8 Å². The van der Waals surface area contributed by atoms with Crippen molar-refractivity contribution in [3.8, 4) is 0 Å². The standard InChI is InChI=1S/C16H29NO3/c1-15(2,3)20-14(19)17-9-12(13(18)10-17)6-11-7-16(4,5)8-11/h11-13,18H,6-10H2,1-5H3. The molecule has 1 aliphatic heterocycles. The van der Waals surface area contributed by atoms with Crippen LogP contribution in [0.2, 0.25) is 0 Å². The number of ether oxygens (including phenoxy) is 1. The number of hydrogen-bond acceptors (Lipinski definition) is 3. The molecule has 1 aliphatic carbocycles. The first-order valence-corrected chi connectivity index (χ1v) is 7.72. The van der Waals surface area contributed by atoms with Crippen LogP contribution in [0.15, 0.2) is 0 Å². The van der Waals surface area contributed by atoms with Gasteiger partial charge in [0, 0.05) is 12.5 Å². The van der Waals surface area contributed by atoms with Gasteiger partial charge >= 0.3 is 6.09 Å². The van der Waals surface area contributed by atoms with Gasteiger partial charge in [-0.05, 0) is 51.4 Å². The summed E-state index contributed by atoms with van der Waals surface area (Å²) in [5.41, 5.74) is -0.00278. The van der Waals surface area contributed by atoms with Gasteiger partial charge in [-0.1, -0.05) is 13.8 Å². The summed E-state index contributed by atoms with van der Waals surface area (Å²) in [5.74, 6) is 0.923. The lowest BCUT2D eigenvalue weighted by molar-refractivity contribution is 0.0268. The molecule has 0 aromatic rings. The van der Waals surface area contributed by atoms with Crippen LogP contribution in [-0.2, 0) is 4.74 Å². The van der Waals surface area contributed by atoms with Gasteiger partial charge in [0.2, 0.25) is 0 Å². The highest BCUT2D eigenvalue weighted by atomic mass is 16.6. The SMILES string of the molecule is CC1(C)CC(CC2CN(C(=O)OC(C)(C)C)CC2O)C1. The number of rotatable bonds is 2. The number of likely N-dealkylation sites (tertiary alicyclic amines) is 1. The summed E-state index contributed by atoms with van der Waals surface area (Å²) in [6.45, 7) is 11.2. The summed E-state index contributed by atoms with van der Waals surface area (Å²) < 4.78 is 5.37. The van der Waals surface area contributed by atoms with Crippen molar-refractivity contribution in [2.75, 3.05) is 13.1 Å². The smallest absolute Gasteiger partial charge is 0.410 e. The number of carbonyl (C=O) groups is 1. The molecule has 4 nitrogen and oxygen atoms in total. The van der Waals surface area contributed by atoms with Crippen molar-refractivity contribution >= 4 is 6.09 Å². The third kappa shape index (κ3) is 3.87. The van der Waals surface area contributed by atoms with Gasteiger partial charge < -0.3 is 14.7 Å². The number of amides is 1. The molecule has 4 heteroatoms. The third-order valence-electron chi connectivity index (χ3n) is 4.38. The molecule has 1 heterocycles. The Morgan fingerprint density at radius 1 is 1.30 bits per heavy atom. The van der Waals surface area contributed by atoms with Gasteiger partial charge in [-0.3, -0.25) is 0 Å². The van der Waals surface area contributed by atoms with Gasteiger partial charge in [-0.25, -0.2) is 4.79 Å². The molecule has 2 aliphatic rings. The zero-order valence-corrected chi connectivity index (χ0v) is 13.5. The maximum Gasteiger partial charge on any atom is 0.410 e. The summed E-state index contributed by atoms with van der Waals surface area (Å²) in [6, 6.07) is 0. The molecule has 1 amide bonds. The van der Waals surface area contributed by atoms with Gasteiger partial charge in [-0.15, -0.1) is 0 Å². The van der Waals surface area contributed by atoms with E-state index in [1.54, 1.807) is 4.90 Å². The molecule has 116 valence electrons. The van der Waals surface area contributed by atoms with E-state index in [2.05, 4.69) is 13.8 Å². The van der Waals surface area contributed by atoms with E-state index in [0.717, 1.165) is 6.42 Å². The molecule has 2 atom stereocenters. The van der Waals surface area contributed by atoms with Crippen molar-refractivity contribution < 1.29 is 14.6 Å². The number of hydrogen-bond donors (Lipinski definition) is 1. The Morgan fingerprint density at radius 3 is 2.40 bits per heavy atom. The van der Waals surface area contributed by atoms with Crippen LogP contribution in [0.4, 0.5) is 4.79 Å². The lowest BCUT2D eigenvalue weighted by Gasteiger charge is -2.44. The van der Waals surface area contributed by atoms with Gasteiger partial charge in [0.1, 0.15) is 5.60 Å². The molecule has 0 bridgehead atoms. The largest absolute Gasteiger partial charge is 0.444 e. The molecule has 1 saturated carbocycles. The third-order valence-corrected chi connectivity index (χ3v) is 4.38. The lowest BCUT2D eigenvalue weighted by atomic mass is 9.62. The molecule has 1 saturated heterocycles. The van der Waals surface area contributed by atoms with Gasteiger partial charge in [0.05, 0.1) is 12.6 Å². The minimum atomic E-state index is -0.474. The van der Waals surface area contributed by atoms with Crippen LogP contribution in [0, 0.1) is 17.3 Å². The van der Waals surface area contributed by atoms with Gasteiger partial charge in [0.25, 0.3) is 0 Å². The van der Waals surface area contributed by atoms with E-state index in [4.69, 9.17) is 4.74 Å². The van der Waals surface area contributed by atoms with E-state index in [9.17, 15) is 9.90 Å². The second-order valence-electron chi connectivity index (χ2n) is 8.39. The van der Waals surface area contributed by atoms with Crippen molar-refractivity contribution in [3.05, 3.63) is 0 Å². The van der Waals surface area contributed by atoms with E-state index in [-0.39, 0.29) is 12.0 Å². The van der Waals surface area contributed by atoms with Crippen molar-refractivity contribution in [2.24, 2.45) is 17.3 Å². The second kappa shape index (κ2) is 5.21. The van der Waals surface area contributed by atoms with Crippen LogP contribution in [0.5, 0.6) is 0 Å². The van der Waals surface area contributed by atoms with Crippen LogP contribution in [0.25, 0.3) is 0 Å². The van der Waals surface area contributed by atoms with Gasteiger partial charge in [0.15, 0.2) is 0 Å². The predicted molar refractivity (Wildman–Crippen MR) is 78.4 cm³/mol. The molecule has 20 heavy (non-hydrogen) atoms. The number of nitrogens with zero attached hydrogens (tertiary/aromatic N) is 1. The molecule has 0 radical (unpaired) electrons. The Kier molecular flexibility index (Phi) is 4.07. The van der Waals surface area contributed by atoms with E-state index in [0.29, 0.717) is 24.4 Å². The molecule has 1 N–H and O–H groups in total. The minimum Gasteiger partial charge on any atom is -0.444 e. The molecule has 2 fully saturated rings. The Hall–Kier alpha value is -0.770. The highest BCUT2D eigenvalue weighted by molar-refractivity contribution is 5.68. The van der Waals surface area contributed by atoms with Crippen LogP contribution in [0.1, 0.15) is 53.9 Å². The maximum atomic E-state index is 12.0. The van der Waals surface area contributed by atoms with Crippen LogP contribution in [0.3, 0.4) is 0 Å². The summed E-state index contributed by atoms with van der Waals surface area (Å²) in [7, 11) is 0. The summed E-state index contributed by atoms with van der Waals surface area (Å²) in [4.78, 5) is 13.7. The number of aliphatic hydroxyl groups is 1. The minimum absolute atomic E-state index is 0.212. The van der Waals surface area contributed by atoms with Crippen molar-refractivity contribution in [2.45, 2.75) is 65.6 Å². The zero-order chi connectivity index (χ0) is 15.1. The molecule has 0 aromatic heterocycles. The highest BCUT2D eigenvalue weighted by Gasteiger charge is 2.42. The number of aliphatic hydroxyl groups excluding tert-OH is 1. The topological polar surface area (TPSA) is 49.8 Å². The van der Waals surface area contributed by atoms with Crippen molar-refractivity contribution in [1.82, 2.24) is 4.90 Å². The number of carbonyl (C=O) groups excluding carboxylic acids is 1. The van der Waals surface area contributed by atoms with Gasteiger partial charge in [-0.2, -0.15) is 0 Å². The average Bonchev–Trinajstić information content (AvgIpc) is 2.55. The first-order chi connectivity index (χ1) is 9.06. The number of β-amino-alcohol motifs (C(OH)–C–C–N with tert-alkyl or cyclic N) is 1. The molecular formula is C16H29NO3.